The van der Waals surface area contributed by atoms with Gasteiger partial charge in [0, 0.05) is 36.3 Å². The van der Waals surface area contributed by atoms with Crippen molar-refractivity contribution in [1.29, 1.82) is 0 Å². The molecular weight excluding hydrogens is 340 g/mol. The van der Waals surface area contributed by atoms with Crippen molar-refractivity contribution in [2.45, 2.75) is 12.8 Å². The van der Waals surface area contributed by atoms with Crippen LogP contribution >= 0.6 is 11.6 Å². The highest BCUT2D eigenvalue weighted by atomic mass is 35.5. The molecule has 2 N–H and O–H groups in total. The van der Waals surface area contributed by atoms with E-state index >= 15 is 0 Å². The standard InChI is InChI=1S/C19H21ClN2O3/c1-25-13-12-21-19(24)15-6-9-16(10-7-15)22-18(23)11-8-14-4-2-3-5-17(14)20/h2-7,9-10H,8,11-13H2,1H3,(H,21,24)(H,22,23). The smallest absolute Gasteiger partial charge is 0.251 e. The third kappa shape index (κ3) is 6.21. The number of carbonyl (C=O) groups is 2. The molecule has 5 nitrogen and oxygen atoms in total. The average molecular weight is 361 g/mol. The van der Waals surface area contributed by atoms with Crippen LogP contribution in [0.5, 0.6) is 0 Å². The summed E-state index contributed by atoms with van der Waals surface area (Å²) in [5.41, 5.74) is 2.13. The minimum atomic E-state index is -0.173. The number of methoxy groups -OCH3 is 1. The van der Waals surface area contributed by atoms with Crippen LogP contribution in [0.3, 0.4) is 0 Å². The molecule has 0 aromatic heterocycles. The quantitative estimate of drug-likeness (QED) is 0.710. The summed E-state index contributed by atoms with van der Waals surface area (Å²) in [6, 6.07) is 14.2. The Morgan fingerprint density at radius 3 is 2.48 bits per heavy atom. The highest BCUT2D eigenvalue weighted by Gasteiger charge is 2.07. The van der Waals surface area contributed by atoms with Crippen LogP contribution in [0, 0.1) is 0 Å². The van der Waals surface area contributed by atoms with Gasteiger partial charge in [-0.2, -0.15) is 0 Å². The van der Waals surface area contributed by atoms with E-state index in [9.17, 15) is 9.59 Å². The number of hydrogen-bond donors (Lipinski definition) is 2. The maximum Gasteiger partial charge on any atom is 0.251 e. The monoisotopic (exact) mass is 360 g/mol. The molecule has 2 aromatic rings. The van der Waals surface area contributed by atoms with Crippen LogP contribution in [-0.2, 0) is 16.0 Å². The molecule has 6 heteroatoms. The molecular formula is C19H21ClN2O3. The Morgan fingerprint density at radius 2 is 1.80 bits per heavy atom. The van der Waals surface area contributed by atoms with Gasteiger partial charge in [-0.05, 0) is 42.3 Å². The van der Waals surface area contributed by atoms with Crippen LogP contribution in [0.15, 0.2) is 48.5 Å². The SMILES string of the molecule is COCCNC(=O)c1ccc(NC(=O)CCc2ccccc2Cl)cc1. The van der Waals surface area contributed by atoms with Crippen LogP contribution < -0.4 is 10.6 Å². The van der Waals surface area contributed by atoms with E-state index in [1.807, 2.05) is 24.3 Å². The summed E-state index contributed by atoms with van der Waals surface area (Å²) >= 11 is 6.08. The highest BCUT2D eigenvalue weighted by molar-refractivity contribution is 6.31. The lowest BCUT2D eigenvalue weighted by molar-refractivity contribution is -0.116. The molecule has 0 aliphatic rings. The van der Waals surface area contributed by atoms with Crippen molar-refractivity contribution in [3.8, 4) is 0 Å². The third-order valence-electron chi connectivity index (χ3n) is 3.60. The Balaban J connectivity index is 1.83. The number of benzene rings is 2. The highest BCUT2D eigenvalue weighted by Crippen LogP contribution is 2.17. The summed E-state index contributed by atoms with van der Waals surface area (Å²) in [6.45, 7) is 0.918. The molecule has 25 heavy (non-hydrogen) atoms. The second kappa shape index (κ2) is 9.81. The molecule has 2 amide bonds. The zero-order valence-corrected chi connectivity index (χ0v) is 14.8. The number of nitrogens with one attached hydrogen (secondary N) is 2. The van der Waals surface area contributed by atoms with Gasteiger partial charge in [0.1, 0.15) is 0 Å². The van der Waals surface area contributed by atoms with Crippen LogP contribution in [0.4, 0.5) is 5.69 Å². The van der Waals surface area contributed by atoms with E-state index in [-0.39, 0.29) is 11.8 Å². The van der Waals surface area contributed by atoms with E-state index in [4.69, 9.17) is 16.3 Å². The molecule has 0 heterocycles. The van der Waals surface area contributed by atoms with Crippen molar-refractivity contribution in [3.05, 3.63) is 64.7 Å². The van der Waals surface area contributed by atoms with Crippen molar-refractivity contribution in [1.82, 2.24) is 5.32 Å². The second-order valence-electron chi connectivity index (χ2n) is 5.47. The van der Waals surface area contributed by atoms with Crippen molar-refractivity contribution >= 4 is 29.1 Å². The minimum Gasteiger partial charge on any atom is -0.383 e. The van der Waals surface area contributed by atoms with Crippen LogP contribution in [-0.4, -0.2) is 32.1 Å². The molecule has 0 saturated heterocycles. The lowest BCUT2D eigenvalue weighted by Gasteiger charge is -2.08. The van der Waals surface area contributed by atoms with E-state index in [2.05, 4.69) is 10.6 Å². The molecule has 2 rings (SSSR count). The first-order chi connectivity index (χ1) is 12.1. The molecule has 0 aliphatic heterocycles. The zero-order chi connectivity index (χ0) is 18.1. The average Bonchev–Trinajstić information content (AvgIpc) is 2.62. The molecule has 0 atom stereocenters. The van der Waals surface area contributed by atoms with Crippen LogP contribution in [0.1, 0.15) is 22.3 Å². The van der Waals surface area contributed by atoms with Gasteiger partial charge in [0.05, 0.1) is 6.61 Å². The third-order valence-corrected chi connectivity index (χ3v) is 3.97. The molecule has 0 unspecified atom stereocenters. The van der Waals surface area contributed by atoms with Gasteiger partial charge in [-0.15, -0.1) is 0 Å². The normalized spacial score (nSPS) is 10.3. The zero-order valence-electron chi connectivity index (χ0n) is 14.0. The molecule has 0 bridgehead atoms. The molecule has 0 spiro atoms. The Bertz CT molecular complexity index is 717. The van der Waals surface area contributed by atoms with Crippen LogP contribution in [0.25, 0.3) is 0 Å². The summed E-state index contributed by atoms with van der Waals surface area (Å²) in [5.74, 6) is -0.272. The number of rotatable bonds is 8. The number of hydrogen-bond acceptors (Lipinski definition) is 3. The Kier molecular flexibility index (Phi) is 7.44. The molecule has 0 saturated carbocycles. The summed E-state index contributed by atoms with van der Waals surface area (Å²) in [7, 11) is 1.58. The molecule has 0 radical (unpaired) electrons. The fourth-order valence-electron chi connectivity index (χ4n) is 2.25. The number of ether oxygens (including phenoxy) is 1. The summed E-state index contributed by atoms with van der Waals surface area (Å²) in [6.07, 6.45) is 0.911. The van der Waals surface area contributed by atoms with Crippen molar-refractivity contribution in [2.24, 2.45) is 0 Å². The van der Waals surface area contributed by atoms with Crippen molar-refractivity contribution in [2.75, 3.05) is 25.6 Å². The van der Waals surface area contributed by atoms with Crippen molar-refractivity contribution in [3.63, 3.8) is 0 Å². The summed E-state index contributed by atoms with van der Waals surface area (Å²) in [4.78, 5) is 23.9. The predicted octanol–water partition coefficient (Wildman–Crippen LogP) is 3.29. The van der Waals surface area contributed by atoms with Gasteiger partial charge in [-0.25, -0.2) is 0 Å². The van der Waals surface area contributed by atoms with Gasteiger partial charge >= 0.3 is 0 Å². The first-order valence-electron chi connectivity index (χ1n) is 8.00. The van der Waals surface area contributed by atoms with Gasteiger partial charge in [-0.1, -0.05) is 29.8 Å². The minimum absolute atomic E-state index is 0.0998. The summed E-state index contributed by atoms with van der Waals surface area (Å²) in [5, 5.41) is 6.22. The van der Waals surface area contributed by atoms with Gasteiger partial charge in [0.15, 0.2) is 0 Å². The lowest BCUT2D eigenvalue weighted by Crippen LogP contribution is -2.26. The molecule has 0 fully saturated rings. The first-order valence-corrected chi connectivity index (χ1v) is 8.38. The van der Waals surface area contributed by atoms with Gasteiger partial charge in [0.2, 0.25) is 5.91 Å². The Labute approximate surface area is 152 Å². The first kappa shape index (κ1) is 19.0. The topological polar surface area (TPSA) is 67.4 Å². The number of carbonyl (C=O) groups excluding carboxylic acids is 2. The van der Waals surface area contributed by atoms with E-state index < -0.39 is 0 Å². The van der Waals surface area contributed by atoms with Gasteiger partial charge < -0.3 is 15.4 Å². The van der Waals surface area contributed by atoms with E-state index in [1.54, 1.807) is 31.4 Å². The molecule has 0 aliphatic carbocycles. The fourth-order valence-corrected chi connectivity index (χ4v) is 2.48. The van der Waals surface area contributed by atoms with Gasteiger partial charge in [-0.3, -0.25) is 9.59 Å². The maximum atomic E-state index is 12.0. The van der Waals surface area contributed by atoms with Gasteiger partial charge in [0.25, 0.3) is 5.91 Å². The maximum absolute atomic E-state index is 12.0. The van der Waals surface area contributed by atoms with Crippen molar-refractivity contribution < 1.29 is 14.3 Å². The summed E-state index contributed by atoms with van der Waals surface area (Å²) < 4.78 is 4.88. The predicted molar refractivity (Wildman–Crippen MR) is 99.1 cm³/mol. The van der Waals surface area contributed by atoms with E-state index in [0.29, 0.717) is 42.3 Å². The number of halogens is 1. The number of anilines is 1. The molecule has 2 aromatic carbocycles. The number of amides is 2. The largest absolute Gasteiger partial charge is 0.383 e. The number of aryl methyl sites for hydroxylation is 1. The molecule has 132 valence electrons. The van der Waals surface area contributed by atoms with E-state index in [1.165, 1.54) is 0 Å². The lowest BCUT2D eigenvalue weighted by atomic mass is 10.1. The van der Waals surface area contributed by atoms with E-state index in [0.717, 1.165) is 5.56 Å². The Morgan fingerprint density at radius 1 is 1.08 bits per heavy atom. The van der Waals surface area contributed by atoms with Crippen LogP contribution in [0.2, 0.25) is 5.02 Å². The second-order valence-corrected chi connectivity index (χ2v) is 5.87. The fraction of sp³-hybridized carbons (Fsp3) is 0.263. The Hall–Kier alpha value is -2.37.